The van der Waals surface area contributed by atoms with E-state index in [0.29, 0.717) is 6.61 Å². The first kappa shape index (κ1) is 13.8. The number of hydrogen-bond donors (Lipinski definition) is 2. The fourth-order valence-corrected chi connectivity index (χ4v) is 1.02. The van der Waals surface area contributed by atoms with E-state index in [4.69, 9.17) is 14.9 Å². The van der Waals surface area contributed by atoms with Crippen molar-refractivity contribution in [3.8, 4) is 0 Å². The van der Waals surface area contributed by atoms with Crippen LogP contribution in [0.25, 0.3) is 0 Å². The van der Waals surface area contributed by atoms with Crippen molar-refractivity contribution >= 4 is 0 Å². The SMILES string of the molecule is CC(CO)C([O])OCCCCCCO. The van der Waals surface area contributed by atoms with Gasteiger partial charge in [0.1, 0.15) is 0 Å². The summed E-state index contributed by atoms with van der Waals surface area (Å²) in [5.74, 6) is -0.340. The smallest absolute Gasteiger partial charge is 0.196 e. The van der Waals surface area contributed by atoms with Crippen LogP contribution in [0, 0.1) is 5.92 Å². The first-order valence-corrected chi connectivity index (χ1v) is 5.21. The summed E-state index contributed by atoms with van der Waals surface area (Å²) in [6, 6.07) is 0. The number of aliphatic hydroxyl groups is 2. The molecule has 0 heterocycles. The first-order chi connectivity index (χ1) is 6.72. The van der Waals surface area contributed by atoms with Crippen molar-refractivity contribution in [2.45, 2.75) is 38.9 Å². The van der Waals surface area contributed by atoms with Crippen molar-refractivity contribution in [1.82, 2.24) is 0 Å². The molecule has 85 valence electrons. The highest BCUT2D eigenvalue weighted by Crippen LogP contribution is 2.06. The molecule has 4 nitrogen and oxygen atoms in total. The minimum absolute atomic E-state index is 0.126. The van der Waals surface area contributed by atoms with Crippen LogP contribution < -0.4 is 0 Å². The predicted octanol–water partition coefficient (Wildman–Crippen LogP) is 0.941. The normalized spacial score (nSPS) is 15.4. The summed E-state index contributed by atoms with van der Waals surface area (Å²) < 4.78 is 5.00. The molecule has 0 aromatic rings. The van der Waals surface area contributed by atoms with Gasteiger partial charge in [0.25, 0.3) is 0 Å². The fraction of sp³-hybridized carbons (Fsp3) is 1.00. The van der Waals surface area contributed by atoms with Gasteiger partial charge in [-0.25, -0.2) is 5.11 Å². The summed E-state index contributed by atoms with van der Waals surface area (Å²) in [4.78, 5) is 0. The molecule has 2 N–H and O–H groups in total. The predicted molar refractivity (Wildman–Crippen MR) is 52.2 cm³/mol. The zero-order chi connectivity index (χ0) is 10.8. The van der Waals surface area contributed by atoms with Gasteiger partial charge in [0, 0.05) is 19.1 Å². The minimum Gasteiger partial charge on any atom is -0.396 e. The number of hydrogen-bond acceptors (Lipinski definition) is 3. The lowest BCUT2D eigenvalue weighted by Gasteiger charge is -2.14. The Hall–Kier alpha value is -0.160. The van der Waals surface area contributed by atoms with Crippen LogP contribution >= 0.6 is 0 Å². The molecule has 0 spiro atoms. The second-order valence-corrected chi connectivity index (χ2v) is 3.54. The molecule has 1 radical (unpaired) electrons. The molecule has 0 rings (SSSR count). The van der Waals surface area contributed by atoms with Crippen molar-refractivity contribution in [3.05, 3.63) is 0 Å². The Morgan fingerprint density at radius 2 is 1.79 bits per heavy atom. The van der Waals surface area contributed by atoms with Crippen LogP contribution in [0.3, 0.4) is 0 Å². The Kier molecular flexibility index (Phi) is 9.29. The highest BCUT2D eigenvalue weighted by molar-refractivity contribution is 4.52. The lowest BCUT2D eigenvalue weighted by molar-refractivity contribution is -0.175. The van der Waals surface area contributed by atoms with Gasteiger partial charge in [0.05, 0.1) is 6.61 Å². The van der Waals surface area contributed by atoms with E-state index in [2.05, 4.69) is 0 Å². The van der Waals surface area contributed by atoms with Gasteiger partial charge in [-0.3, -0.25) is 0 Å². The van der Waals surface area contributed by atoms with Crippen LogP contribution in [0.15, 0.2) is 0 Å². The maximum Gasteiger partial charge on any atom is 0.196 e. The van der Waals surface area contributed by atoms with Gasteiger partial charge >= 0.3 is 0 Å². The van der Waals surface area contributed by atoms with Gasteiger partial charge in [-0.2, -0.15) is 0 Å². The third-order valence-electron chi connectivity index (χ3n) is 2.09. The molecule has 2 unspecified atom stereocenters. The third kappa shape index (κ3) is 7.26. The van der Waals surface area contributed by atoms with E-state index in [-0.39, 0.29) is 19.1 Å². The van der Waals surface area contributed by atoms with Gasteiger partial charge < -0.3 is 14.9 Å². The van der Waals surface area contributed by atoms with Crippen LogP contribution in [-0.2, 0) is 9.84 Å². The molecule has 2 atom stereocenters. The van der Waals surface area contributed by atoms with Crippen LogP contribution in [-0.4, -0.2) is 36.3 Å². The second-order valence-electron chi connectivity index (χ2n) is 3.54. The number of ether oxygens (including phenoxy) is 1. The maximum absolute atomic E-state index is 11.1. The van der Waals surface area contributed by atoms with Crippen molar-refractivity contribution < 1.29 is 20.1 Å². The summed E-state index contributed by atoms with van der Waals surface area (Å²) in [5, 5.41) is 28.3. The summed E-state index contributed by atoms with van der Waals surface area (Å²) in [5.41, 5.74) is 0. The fourth-order valence-electron chi connectivity index (χ4n) is 1.02. The third-order valence-corrected chi connectivity index (χ3v) is 2.09. The van der Waals surface area contributed by atoms with E-state index in [9.17, 15) is 5.11 Å². The Balaban J connectivity index is 3.18. The molecule has 14 heavy (non-hydrogen) atoms. The zero-order valence-electron chi connectivity index (χ0n) is 8.82. The quantitative estimate of drug-likeness (QED) is 0.435. The molecule has 0 fully saturated rings. The summed E-state index contributed by atoms with van der Waals surface area (Å²) in [6.07, 6.45) is 2.49. The standard InChI is InChI=1S/C10H21O4/c1-9(8-12)10(13)14-7-5-3-2-4-6-11/h9-12H,2-8H2,1H3. The Labute approximate surface area is 85.5 Å². The molecule has 0 aliphatic heterocycles. The van der Waals surface area contributed by atoms with Gasteiger partial charge in [-0.05, 0) is 12.8 Å². The zero-order valence-corrected chi connectivity index (χ0v) is 8.82. The van der Waals surface area contributed by atoms with Crippen LogP contribution in [0.4, 0.5) is 0 Å². The van der Waals surface area contributed by atoms with Gasteiger partial charge in [-0.15, -0.1) is 0 Å². The lowest BCUT2D eigenvalue weighted by Crippen LogP contribution is -2.23. The van der Waals surface area contributed by atoms with Crippen LogP contribution in [0.1, 0.15) is 32.6 Å². The van der Waals surface area contributed by atoms with Crippen molar-refractivity contribution in [2.24, 2.45) is 5.92 Å². The van der Waals surface area contributed by atoms with E-state index in [1.54, 1.807) is 6.92 Å². The molecular weight excluding hydrogens is 184 g/mol. The maximum atomic E-state index is 11.1. The minimum atomic E-state index is -1.11. The molecule has 0 aliphatic carbocycles. The molecule has 0 amide bonds. The number of aliphatic hydroxyl groups excluding tert-OH is 2. The average Bonchev–Trinajstić information content (AvgIpc) is 2.21. The Morgan fingerprint density at radius 3 is 2.36 bits per heavy atom. The van der Waals surface area contributed by atoms with Crippen LogP contribution in [0.2, 0.25) is 0 Å². The van der Waals surface area contributed by atoms with Gasteiger partial charge in [0.15, 0.2) is 6.29 Å². The van der Waals surface area contributed by atoms with E-state index in [0.717, 1.165) is 25.7 Å². The topological polar surface area (TPSA) is 69.6 Å². The van der Waals surface area contributed by atoms with E-state index in [1.165, 1.54) is 0 Å². The Bertz CT molecular complexity index is 119. The van der Waals surface area contributed by atoms with E-state index in [1.807, 2.05) is 0 Å². The Morgan fingerprint density at radius 1 is 1.14 bits per heavy atom. The molecule has 0 aliphatic rings. The largest absolute Gasteiger partial charge is 0.396 e. The molecule has 0 aromatic carbocycles. The summed E-state index contributed by atoms with van der Waals surface area (Å²) >= 11 is 0. The molecule has 0 saturated heterocycles. The molecule has 4 heteroatoms. The lowest BCUT2D eigenvalue weighted by atomic mass is 10.2. The van der Waals surface area contributed by atoms with Gasteiger partial charge in [-0.1, -0.05) is 19.8 Å². The van der Waals surface area contributed by atoms with Crippen molar-refractivity contribution in [3.63, 3.8) is 0 Å². The molecule has 0 bridgehead atoms. The van der Waals surface area contributed by atoms with Gasteiger partial charge in [0.2, 0.25) is 0 Å². The first-order valence-electron chi connectivity index (χ1n) is 5.21. The number of rotatable bonds is 9. The summed E-state index contributed by atoms with van der Waals surface area (Å²) in [6.45, 7) is 2.22. The monoisotopic (exact) mass is 205 g/mol. The molecular formula is C10H21O4. The number of unbranched alkanes of at least 4 members (excludes halogenated alkanes) is 3. The summed E-state index contributed by atoms with van der Waals surface area (Å²) in [7, 11) is 0. The van der Waals surface area contributed by atoms with Crippen molar-refractivity contribution in [2.75, 3.05) is 19.8 Å². The molecule has 0 aromatic heterocycles. The molecule has 0 saturated carbocycles. The van der Waals surface area contributed by atoms with E-state index < -0.39 is 6.29 Å². The van der Waals surface area contributed by atoms with Crippen LogP contribution in [0.5, 0.6) is 0 Å². The highest BCUT2D eigenvalue weighted by Gasteiger charge is 2.14. The second kappa shape index (κ2) is 9.40. The van der Waals surface area contributed by atoms with Crippen molar-refractivity contribution in [1.29, 1.82) is 0 Å². The van der Waals surface area contributed by atoms with E-state index >= 15 is 0 Å². The highest BCUT2D eigenvalue weighted by atomic mass is 16.6. The average molecular weight is 205 g/mol.